The van der Waals surface area contributed by atoms with Gasteiger partial charge in [-0.15, -0.1) is 0 Å². The summed E-state index contributed by atoms with van der Waals surface area (Å²) in [7, 11) is 0. The number of nitro groups is 1. The van der Waals surface area contributed by atoms with Crippen LogP contribution in [-0.2, 0) is 4.79 Å². The molecule has 0 aromatic heterocycles. The molecule has 0 aliphatic heterocycles. The molecule has 1 unspecified atom stereocenters. The Hall–Kier alpha value is -1.67. The maximum absolute atomic E-state index is 10.7. The SMILES string of the molecule is Cc1cc(NCC(O)C(N)=O)c(Br)cc1[N+](=O)[O-]. The number of carbonyl (C=O) groups excluding carboxylic acids is 1. The van der Waals surface area contributed by atoms with Gasteiger partial charge < -0.3 is 16.2 Å². The molecule has 0 aliphatic rings. The molecule has 0 aliphatic carbocycles. The molecule has 1 aromatic carbocycles. The second kappa shape index (κ2) is 5.78. The highest BCUT2D eigenvalue weighted by Crippen LogP contribution is 2.30. The topological polar surface area (TPSA) is 118 Å². The molecule has 1 rings (SSSR count). The number of primary amides is 1. The number of carbonyl (C=O) groups is 1. The van der Waals surface area contributed by atoms with E-state index in [1.165, 1.54) is 6.07 Å². The molecule has 0 radical (unpaired) electrons. The first-order chi connectivity index (χ1) is 8.32. The average molecular weight is 318 g/mol. The van der Waals surface area contributed by atoms with Gasteiger partial charge in [-0.05, 0) is 28.9 Å². The normalized spacial score (nSPS) is 11.9. The van der Waals surface area contributed by atoms with Gasteiger partial charge in [-0.2, -0.15) is 0 Å². The number of amides is 1. The third kappa shape index (κ3) is 3.41. The summed E-state index contributed by atoms with van der Waals surface area (Å²) in [5, 5.41) is 22.7. The minimum absolute atomic E-state index is 0.0112. The van der Waals surface area contributed by atoms with Crippen LogP contribution in [0.4, 0.5) is 11.4 Å². The standard InChI is InChI=1S/C10H12BrN3O4/c1-5-2-7(13-4-9(15)10(12)16)6(11)3-8(5)14(17)18/h2-3,9,13,15H,4H2,1H3,(H2,12,16). The largest absolute Gasteiger partial charge is 0.381 e. The van der Waals surface area contributed by atoms with Crippen LogP contribution >= 0.6 is 15.9 Å². The van der Waals surface area contributed by atoms with Gasteiger partial charge in [-0.25, -0.2) is 0 Å². The first-order valence-corrected chi connectivity index (χ1v) is 5.78. The lowest BCUT2D eigenvalue weighted by Gasteiger charge is -2.12. The molecule has 1 amide bonds. The van der Waals surface area contributed by atoms with Crippen LogP contribution in [0.3, 0.4) is 0 Å². The van der Waals surface area contributed by atoms with Crippen LogP contribution in [0.1, 0.15) is 5.56 Å². The van der Waals surface area contributed by atoms with E-state index in [0.717, 1.165) is 0 Å². The number of rotatable bonds is 5. The summed E-state index contributed by atoms with van der Waals surface area (Å²) in [4.78, 5) is 20.9. The van der Waals surface area contributed by atoms with Crippen LogP contribution in [0, 0.1) is 17.0 Å². The molecule has 8 heteroatoms. The van der Waals surface area contributed by atoms with E-state index in [9.17, 15) is 20.0 Å². The zero-order chi connectivity index (χ0) is 13.9. The summed E-state index contributed by atoms with van der Waals surface area (Å²) in [6.45, 7) is 1.53. The van der Waals surface area contributed by atoms with Gasteiger partial charge >= 0.3 is 0 Å². The van der Waals surface area contributed by atoms with Gasteiger partial charge in [0.25, 0.3) is 5.69 Å². The van der Waals surface area contributed by atoms with Crippen molar-refractivity contribution in [2.75, 3.05) is 11.9 Å². The summed E-state index contributed by atoms with van der Waals surface area (Å²) >= 11 is 3.17. The number of halogens is 1. The van der Waals surface area contributed by atoms with Gasteiger partial charge in [0.05, 0.1) is 4.92 Å². The van der Waals surface area contributed by atoms with E-state index in [1.807, 2.05) is 0 Å². The predicted octanol–water partition coefficient (Wildman–Crippen LogP) is 0.924. The summed E-state index contributed by atoms with van der Waals surface area (Å²) in [6, 6.07) is 2.91. The van der Waals surface area contributed by atoms with E-state index in [4.69, 9.17) is 5.73 Å². The van der Waals surface area contributed by atoms with Crippen molar-refractivity contribution in [1.29, 1.82) is 0 Å². The fourth-order valence-corrected chi connectivity index (χ4v) is 1.78. The molecule has 98 valence electrons. The number of aryl methyl sites for hydroxylation is 1. The van der Waals surface area contributed by atoms with Crippen LogP contribution in [0.2, 0.25) is 0 Å². The Labute approximate surface area is 111 Å². The van der Waals surface area contributed by atoms with E-state index in [2.05, 4.69) is 21.2 Å². The summed E-state index contributed by atoms with van der Waals surface area (Å²) in [5.41, 5.74) is 5.90. The summed E-state index contributed by atoms with van der Waals surface area (Å²) in [6.07, 6.45) is -1.31. The second-order valence-corrected chi connectivity index (χ2v) is 4.53. The molecule has 0 bridgehead atoms. The molecule has 1 aromatic rings. The molecule has 18 heavy (non-hydrogen) atoms. The number of aliphatic hydroxyl groups excluding tert-OH is 1. The van der Waals surface area contributed by atoms with E-state index in [1.54, 1.807) is 13.0 Å². The van der Waals surface area contributed by atoms with Crippen molar-refractivity contribution in [3.63, 3.8) is 0 Å². The highest BCUT2D eigenvalue weighted by atomic mass is 79.9. The molecular weight excluding hydrogens is 306 g/mol. The van der Waals surface area contributed by atoms with E-state index < -0.39 is 16.9 Å². The third-order valence-corrected chi connectivity index (χ3v) is 2.95. The first-order valence-electron chi connectivity index (χ1n) is 4.98. The fraction of sp³-hybridized carbons (Fsp3) is 0.300. The fourth-order valence-electron chi connectivity index (χ4n) is 1.31. The molecular formula is C10H12BrN3O4. The smallest absolute Gasteiger partial charge is 0.273 e. The Bertz CT molecular complexity index is 492. The molecule has 0 heterocycles. The zero-order valence-electron chi connectivity index (χ0n) is 9.51. The molecule has 0 spiro atoms. The lowest BCUT2D eigenvalue weighted by atomic mass is 10.2. The number of anilines is 1. The number of nitrogens with one attached hydrogen (secondary N) is 1. The monoisotopic (exact) mass is 317 g/mol. The zero-order valence-corrected chi connectivity index (χ0v) is 11.1. The Morgan fingerprint density at radius 1 is 1.67 bits per heavy atom. The van der Waals surface area contributed by atoms with Gasteiger partial charge in [-0.1, -0.05) is 0 Å². The number of benzene rings is 1. The highest BCUT2D eigenvalue weighted by Gasteiger charge is 2.15. The Balaban J connectivity index is 2.88. The molecule has 1 atom stereocenters. The van der Waals surface area contributed by atoms with Crippen molar-refractivity contribution < 1.29 is 14.8 Å². The number of hydrogen-bond acceptors (Lipinski definition) is 5. The van der Waals surface area contributed by atoms with Gasteiger partial charge in [0.2, 0.25) is 5.91 Å². The molecule has 0 saturated heterocycles. The quantitative estimate of drug-likeness (QED) is 0.551. The number of aliphatic hydroxyl groups is 1. The second-order valence-electron chi connectivity index (χ2n) is 3.67. The molecule has 0 fully saturated rings. The van der Waals surface area contributed by atoms with Crippen molar-refractivity contribution >= 4 is 33.2 Å². The van der Waals surface area contributed by atoms with Crippen LogP contribution in [-0.4, -0.2) is 28.6 Å². The van der Waals surface area contributed by atoms with Crippen LogP contribution < -0.4 is 11.1 Å². The van der Waals surface area contributed by atoms with Gasteiger partial charge in [0, 0.05) is 28.3 Å². The van der Waals surface area contributed by atoms with Gasteiger partial charge in [0.1, 0.15) is 6.10 Å². The molecule has 4 N–H and O–H groups in total. The van der Waals surface area contributed by atoms with Crippen LogP contribution in [0.15, 0.2) is 16.6 Å². The maximum atomic E-state index is 10.7. The van der Waals surface area contributed by atoms with Crippen molar-refractivity contribution in [2.45, 2.75) is 13.0 Å². The third-order valence-electron chi connectivity index (χ3n) is 2.30. The minimum atomic E-state index is -1.31. The van der Waals surface area contributed by atoms with Gasteiger partial charge in [-0.3, -0.25) is 14.9 Å². The Kier molecular flexibility index (Phi) is 4.62. The lowest BCUT2D eigenvalue weighted by Crippen LogP contribution is -2.34. The molecule has 7 nitrogen and oxygen atoms in total. The van der Waals surface area contributed by atoms with Crippen LogP contribution in [0.5, 0.6) is 0 Å². The molecule has 0 saturated carbocycles. The van der Waals surface area contributed by atoms with Crippen LogP contribution in [0.25, 0.3) is 0 Å². The van der Waals surface area contributed by atoms with E-state index in [-0.39, 0.29) is 12.2 Å². The predicted molar refractivity (Wildman–Crippen MR) is 69.2 cm³/mol. The summed E-state index contributed by atoms with van der Waals surface area (Å²) < 4.78 is 0.469. The highest BCUT2D eigenvalue weighted by molar-refractivity contribution is 9.10. The van der Waals surface area contributed by atoms with E-state index >= 15 is 0 Å². The van der Waals surface area contributed by atoms with Crippen molar-refractivity contribution in [3.05, 3.63) is 32.3 Å². The van der Waals surface area contributed by atoms with Gasteiger partial charge in [0.15, 0.2) is 0 Å². The minimum Gasteiger partial charge on any atom is -0.381 e. The first kappa shape index (κ1) is 14.4. The van der Waals surface area contributed by atoms with Crippen molar-refractivity contribution in [3.8, 4) is 0 Å². The number of nitrogens with zero attached hydrogens (tertiary/aromatic N) is 1. The number of nitro benzene ring substituents is 1. The summed E-state index contributed by atoms with van der Waals surface area (Å²) in [5.74, 6) is -0.836. The Morgan fingerprint density at radius 2 is 2.28 bits per heavy atom. The lowest BCUT2D eigenvalue weighted by molar-refractivity contribution is -0.385. The number of nitrogens with two attached hydrogens (primary N) is 1. The van der Waals surface area contributed by atoms with E-state index in [0.29, 0.717) is 15.7 Å². The van der Waals surface area contributed by atoms with Crippen molar-refractivity contribution in [2.24, 2.45) is 5.73 Å². The number of hydrogen-bond donors (Lipinski definition) is 3. The maximum Gasteiger partial charge on any atom is 0.273 e. The average Bonchev–Trinajstić information content (AvgIpc) is 2.28. The Morgan fingerprint density at radius 3 is 2.78 bits per heavy atom. The van der Waals surface area contributed by atoms with Crippen molar-refractivity contribution in [1.82, 2.24) is 0 Å².